The topological polar surface area (TPSA) is 139 Å². The minimum absolute atomic E-state index is 0.0608. The summed E-state index contributed by atoms with van der Waals surface area (Å²) in [6.07, 6.45) is -1.05. The van der Waals surface area contributed by atoms with Crippen LogP contribution in [0.1, 0.15) is 10.5 Å². The fourth-order valence-corrected chi connectivity index (χ4v) is 2.61. The average Bonchev–Trinajstić information content (AvgIpc) is 3.08. The minimum atomic E-state index is -1.05. The molecule has 0 saturated carbocycles. The third-order valence-corrected chi connectivity index (χ3v) is 4.21. The number of carbonyl (C=O) groups excluding carboxylic acids is 1. The molecule has 27 heavy (non-hydrogen) atoms. The van der Waals surface area contributed by atoms with E-state index in [2.05, 4.69) is 25.6 Å². The molecule has 2 aromatic heterocycles. The second-order valence-electron chi connectivity index (χ2n) is 5.01. The molecule has 2 amide bonds. The summed E-state index contributed by atoms with van der Waals surface area (Å²) in [6, 6.07) is 0. The highest BCUT2D eigenvalue weighted by Gasteiger charge is 2.20. The first kappa shape index (κ1) is 20.5. The van der Waals surface area contributed by atoms with Gasteiger partial charge in [-0.15, -0.1) is 11.3 Å². The first-order valence-electron chi connectivity index (χ1n) is 7.46. The Bertz CT molecular complexity index is 807. The van der Waals surface area contributed by atoms with Gasteiger partial charge in [0.15, 0.2) is 10.2 Å². The van der Waals surface area contributed by atoms with Crippen LogP contribution >= 0.6 is 22.9 Å². The van der Waals surface area contributed by atoms with Gasteiger partial charge in [-0.25, -0.2) is 9.78 Å². The van der Waals surface area contributed by atoms with E-state index >= 15 is 0 Å². The van der Waals surface area contributed by atoms with Crippen molar-refractivity contribution in [2.45, 2.75) is 0 Å². The summed E-state index contributed by atoms with van der Waals surface area (Å²) < 4.78 is 10.6. The maximum Gasteiger partial charge on any atom is 0.407 e. The number of thiazole rings is 1. The van der Waals surface area contributed by atoms with E-state index in [1.807, 2.05) is 0 Å². The molecule has 0 saturated heterocycles. The number of rotatable bonds is 8. The number of aromatic nitrogens is 3. The highest BCUT2D eigenvalue weighted by Crippen LogP contribution is 2.33. The number of ether oxygens (including phenoxy) is 2. The van der Waals surface area contributed by atoms with Gasteiger partial charge >= 0.3 is 6.09 Å². The van der Waals surface area contributed by atoms with Gasteiger partial charge < -0.3 is 30.1 Å². The van der Waals surface area contributed by atoms with Crippen molar-refractivity contribution < 1.29 is 24.2 Å². The van der Waals surface area contributed by atoms with Crippen LogP contribution < -0.4 is 20.1 Å². The number of methoxy groups -OCH3 is 2. The molecule has 0 aromatic carbocycles. The van der Waals surface area contributed by atoms with Gasteiger partial charge in [-0.2, -0.15) is 9.97 Å². The number of carboxylic acid groups (broad SMARTS) is 1. The van der Waals surface area contributed by atoms with E-state index in [-0.39, 0.29) is 46.6 Å². The Morgan fingerprint density at radius 1 is 1.26 bits per heavy atom. The highest BCUT2D eigenvalue weighted by molar-refractivity contribution is 7.14. The van der Waals surface area contributed by atoms with Crippen molar-refractivity contribution >= 4 is 46.6 Å². The molecule has 0 atom stereocenters. The van der Waals surface area contributed by atoms with E-state index in [0.29, 0.717) is 0 Å². The molecule has 0 radical (unpaired) electrons. The zero-order valence-corrected chi connectivity index (χ0v) is 16.2. The number of carbonyl (C=O) groups is 2. The van der Waals surface area contributed by atoms with E-state index in [1.165, 1.54) is 26.6 Å². The van der Waals surface area contributed by atoms with Crippen molar-refractivity contribution in [2.75, 3.05) is 45.0 Å². The van der Waals surface area contributed by atoms with Crippen LogP contribution in [-0.2, 0) is 0 Å². The number of nitrogens with zero attached hydrogens (tertiary/aromatic N) is 4. The second-order valence-corrected chi connectivity index (χ2v) is 6.45. The van der Waals surface area contributed by atoms with Crippen LogP contribution in [-0.4, -0.2) is 71.3 Å². The minimum Gasteiger partial charge on any atom is -0.479 e. The number of anilines is 2. The van der Waals surface area contributed by atoms with Gasteiger partial charge in [0, 0.05) is 25.5 Å². The van der Waals surface area contributed by atoms with Crippen molar-refractivity contribution in [1.82, 2.24) is 19.9 Å². The molecular formula is C14H17ClN6O5S. The Balaban J connectivity index is 2.17. The van der Waals surface area contributed by atoms with Crippen molar-refractivity contribution in [3.63, 3.8) is 0 Å². The summed E-state index contributed by atoms with van der Waals surface area (Å²) >= 11 is 6.86. The largest absolute Gasteiger partial charge is 0.479 e. The lowest BCUT2D eigenvalue weighted by Gasteiger charge is -2.16. The molecule has 0 aliphatic heterocycles. The molecular weight excluding hydrogens is 400 g/mol. The first-order valence-corrected chi connectivity index (χ1v) is 8.71. The van der Waals surface area contributed by atoms with Crippen LogP contribution in [0.3, 0.4) is 0 Å². The molecule has 2 rings (SSSR count). The Morgan fingerprint density at radius 2 is 1.89 bits per heavy atom. The van der Waals surface area contributed by atoms with Crippen molar-refractivity contribution in [2.24, 2.45) is 0 Å². The van der Waals surface area contributed by atoms with Gasteiger partial charge in [-0.05, 0) is 0 Å². The number of nitrogens with one attached hydrogen (secondary N) is 2. The molecule has 0 unspecified atom stereocenters. The standard InChI is InChI=1S/C14H17ClN6O5S/c1-21(14(23)24)5-4-16-13-19-10(25-2)8(11(20-13)26-3)18-9(22)7-6-27-12(15)17-7/h6H,4-5H2,1-3H3,(H,18,22)(H,23,24)(H,16,19,20). The maximum absolute atomic E-state index is 12.3. The molecule has 0 fully saturated rings. The molecule has 13 heteroatoms. The zero-order valence-electron chi connectivity index (χ0n) is 14.6. The molecule has 0 bridgehead atoms. The van der Waals surface area contributed by atoms with E-state index in [4.69, 9.17) is 26.2 Å². The first-order chi connectivity index (χ1) is 12.8. The Labute approximate surface area is 163 Å². The summed E-state index contributed by atoms with van der Waals surface area (Å²) in [5, 5.41) is 15.8. The monoisotopic (exact) mass is 416 g/mol. The Hall–Kier alpha value is -2.86. The lowest BCUT2D eigenvalue weighted by Crippen LogP contribution is -2.30. The van der Waals surface area contributed by atoms with Gasteiger partial charge in [-0.1, -0.05) is 11.6 Å². The number of amides is 2. The molecule has 0 aliphatic carbocycles. The average molecular weight is 417 g/mol. The van der Waals surface area contributed by atoms with E-state index < -0.39 is 12.0 Å². The zero-order chi connectivity index (χ0) is 20.0. The number of hydrogen-bond donors (Lipinski definition) is 3. The molecule has 146 valence electrons. The van der Waals surface area contributed by atoms with Crippen molar-refractivity contribution in [3.05, 3.63) is 15.5 Å². The van der Waals surface area contributed by atoms with Crippen LogP contribution in [0, 0.1) is 0 Å². The quantitative estimate of drug-likeness (QED) is 0.588. The Morgan fingerprint density at radius 3 is 2.37 bits per heavy atom. The Kier molecular flexibility index (Phi) is 6.96. The number of halogens is 1. The highest BCUT2D eigenvalue weighted by atomic mass is 35.5. The number of likely N-dealkylation sites (N-methyl/N-ethyl adjacent to an activating group) is 1. The van der Waals surface area contributed by atoms with Crippen LogP contribution in [0.4, 0.5) is 16.4 Å². The SMILES string of the molecule is COc1nc(NCCN(C)C(=O)O)nc(OC)c1NC(=O)c1csc(Cl)n1. The summed E-state index contributed by atoms with van der Waals surface area (Å²) in [7, 11) is 4.19. The van der Waals surface area contributed by atoms with Crippen LogP contribution in [0.25, 0.3) is 0 Å². The molecule has 2 aromatic rings. The van der Waals surface area contributed by atoms with Gasteiger partial charge in [0.25, 0.3) is 5.91 Å². The van der Waals surface area contributed by atoms with E-state index in [1.54, 1.807) is 0 Å². The van der Waals surface area contributed by atoms with Crippen molar-refractivity contribution in [3.8, 4) is 11.8 Å². The maximum atomic E-state index is 12.3. The van der Waals surface area contributed by atoms with E-state index in [0.717, 1.165) is 16.2 Å². The van der Waals surface area contributed by atoms with Crippen LogP contribution in [0.2, 0.25) is 4.47 Å². The van der Waals surface area contributed by atoms with Gasteiger partial charge in [-0.3, -0.25) is 4.79 Å². The predicted molar refractivity (Wildman–Crippen MR) is 99.4 cm³/mol. The van der Waals surface area contributed by atoms with Crippen LogP contribution in [0.15, 0.2) is 5.38 Å². The van der Waals surface area contributed by atoms with Crippen molar-refractivity contribution in [1.29, 1.82) is 0 Å². The molecule has 3 N–H and O–H groups in total. The van der Waals surface area contributed by atoms with E-state index in [9.17, 15) is 9.59 Å². The molecule has 11 nitrogen and oxygen atoms in total. The summed E-state index contributed by atoms with van der Waals surface area (Å²) in [4.78, 5) is 36.4. The fourth-order valence-electron chi connectivity index (χ4n) is 1.87. The van der Waals surface area contributed by atoms with Gasteiger partial charge in [0.2, 0.25) is 17.7 Å². The third kappa shape index (κ3) is 5.31. The number of hydrogen-bond acceptors (Lipinski definition) is 9. The lowest BCUT2D eigenvalue weighted by molar-refractivity contribution is 0.102. The smallest absolute Gasteiger partial charge is 0.407 e. The summed E-state index contributed by atoms with van der Waals surface area (Å²) in [5.74, 6) is -0.254. The molecule has 2 heterocycles. The third-order valence-electron chi connectivity index (χ3n) is 3.23. The normalized spacial score (nSPS) is 10.2. The van der Waals surface area contributed by atoms with Crippen LogP contribution in [0.5, 0.6) is 11.8 Å². The lowest BCUT2D eigenvalue weighted by atomic mass is 10.4. The second kappa shape index (κ2) is 9.19. The van der Waals surface area contributed by atoms with Gasteiger partial charge in [0.05, 0.1) is 14.2 Å². The fraction of sp³-hybridized carbons (Fsp3) is 0.357. The molecule has 0 aliphatic rings. The summed E-state index contributed by atoms with van der Waals surface area (Å²) in [6.45, 7) is 0.477. The predicted octanol–water partition coefficient (Wildman–Crippen LogP) is 1.88. The molecule has 0 spiro atoms. The summed E-state index contributed by atoms with van der Waals surface area (Å²) in [5.41, 5.74) is 0.260. The van der Waals surface area contributed by atoms with Gasteiger partial charge in [0.1, 0.15) is 5.69 Å².